The van der Waals surface area contributed by atoms with E-state index < -0.39 is 28.5 Å². The number of hydrogen-bond acceptors (Lipinski definition) is 4. The molecule has 1 saturated carbocycles. The molecule has 0 radical (unpaired) electrons. The Kier molecular flexibility index (Phi) is 12.0. The van der Waals surface area contributed by atoms with Crippen LogP contribution in [-0.2, 0) is 32.6 Å². The van der Waals surface area contributed by atoms with Crippen LogP contribution in [0.15, 0.2) is 112 Å². The van der Waals surface area contributed by atoms with E-state index in [0.717, 1.165) is 52.0 Å². The molecule has 4 aromatic rings. The molecule has 1 fully saturated rings. The van der Waals surface area contributed by atoms with E-state index in [4.69, 9.17) is 23.2 Å². The molecular weight excluding hydrogens is 721 g/mol. The number of sulfonamides is 1. The van der Waals surface area contributed by atoms with Crippen molar-refractivity contribution in [2.75, 3.05) is 10.8 Å². The van der Waals surface area contributed by atoms with Crippen molar-refractivity contribution in [2.24, 2.45) is 0 Å². The highest BCUT2D eigenvalue weighted by molar-refractivity contribution is 9.10. The second-order valence-corrected chi connectivity index (χ2v) is 15.3. The molecule has 4 aromatic carbocycles. The van der Waals surface area contributed by atoms with Crippen LogP contribution < -0.4 is 9.62 Å². The molecule has 1 aliphatic carbocycles. The summed E-state index contributed by atoms with van der Waals surface area (Å²) >= 11 is 16.1. The van der Waals surface area contributed by atoms with Gasteiger partial charge in [-0.2, -0.15) is 0 Å². The lowest BCUT2D eigenvalue weighted by atomic mass is 9.94. The molecule has 1 atom stereocenters. The Morgan fingerprint density at radius 1 is 0.809 bits per heavy atom. The monoisotopic (exact) mass is 755 g/mol. The van der Waals surface area contributed by atoms with Crippen LogP contribution in [0.5, 0.6) is 0 Å². The zero-order valence-electron chi connectivity index (χ0n) is 25.7. The number of amides is 2. The van der Waals surface area contributed by atoms with Crippen molar-refractivity contribution in [3.8, 4) is 0 Å². The van der Waals surface area contributed by atoms with Crippen molar-refractivity contribution < 1.29 is 18.0 Å². The molecule has 246 valence electrons. The zero-order chi connectivity index (χ0) is 33.4. The van der Waals surface area contributed by atoms with Gasteiger partial charge in [0.1, 0.15) is 12.6 Å². The summed E-state index contributed by atoms with van der Waals surface area (Å²) in [5, 5.41) is 3.65. The maximum atomic E-state index is 14.6. The molecule has 0 spiro atoms. The number of nitrogens with zero attached hydrogens (tertiary/aromatic N) is 2. The predicted octanol–water partition coefficient (Wildman–Crippen LogP) is 8.04. The number of benzene rings is 4. The lowest BCUT2D eigenvalue weighted by molar-refractivity contribution is -0.140. The second kappa shape index (κ2) is 16.2. The first-order valence-corrected chi connectivity index (χ1v) is 18.5. The fourth-order valence-corrected chi connectivity index (χ4v) is 8.01. The average molecular weight is 758 g/mol. The second-order valence-electron chi connectivity index (χ2n) is 11.6. The van der Waals surface area contributed by atoms with Gasteiger partial charge in [0.05, 0.1) is 10.6 Å². The van der Waals surface area contributed by atoms with Crippen molar-refractivity contribution >= 4 is 66.7 Å². The number of nitrogens with one attached hydrogen (secondary N) is 1. The lowest BCUT2D eigenvalue weighted by Crippen LogP contribution is -2.55. The first-order chi connectivity index (χ1) is 22.6. The Balaban J connectivity index is 1.57. The van der Waals surface area contributed by atoms with Crippen LogP contribution in [0.3, 0.4) is 0 Å². The van der Waals surface area contributed by atoms with Crippen molar-refractivity contribution in [2.45, 2.75) is 62.0 Å². The maximum absolute atomic E-state index is 14.6. The van der Waals surface area contributed by atoms with Gasteiger partial charge in [-0.05, 0) is 66.4 Å². The van der Waals surface area contributed by atoms with E-state index in [9.17, 15) is 18.0 Å². The third-order valence-electron chi connectivity index (χ3n) is 8.23. The van der Waals surface area contributed by atoms with Gasteiger partial charge in [0.2, 0.25) is 11.8 Å². The molecule has 0 unspecified atom stereocenters. The van der Waals surface area contributed by atoms with Crippen molar-refractivity contribution in [1.82, 2.24) is 10.2 Å². The number of hydrogen-bond donors (Lipinski definition) is 1. The molecule has 1 aliphatic rings. The minimum absolute atomic E-state index is 0.000709. The smallest absolute Gasteiger partial charge is 0.264 e. The molecule has 0 bridgehead atoms. The Morgan fingerprint density at radius 2 is 1.40 bits per heavy atom. The van der Waals surface area contributed by atoms with Crippen molar-refractivity contribution in [3.05, 3.63) is 129 Å². The van der Waals surface area contributed by atoms with E-state index in [2.05, 4.69) is 21.2 Å². The van der Waals surface area contributed by atoms with Gasteiger partial charge in [0, 0.05) is 33.5 Å². The summed E-state index contributed by atoms with van der Waals surface area (Å²) in [6, 6.07) is 28.4. The van der Waals surface area contributed by atoms with Crippen LogP contribution in [0.4, 0.5) is 5.69 Å². The maximum Gasteiger partial charge on any atom is 0.264 e. The van der Waals surface area contributed by atoms with Crippen LogP contribution in [-0.4, -0.2) is 43.8 Å². The summed E-state index contributed by atoms with van der Waals surface area (Å²) in [4.78, 5) is 30.3. The van der Waals surface area contributed by atoms with Gasteiger partial charge >= 0.3 is 0 Å². The Bertz CT molecular complexity index is 1750. The standard InChI is InChI=1S/C36H36BrCl2N3O4S/c37-28-18-16-27(17-19-28)24-41(34(20-26-10-4-1-5-11-26)36(44)40-31-12-6-2-7-13-31)35(43)25-42(32-22-29(38)21-30(39)23-32)47(45,46)33-14-8-3-9-15-33/h1,3-5,8-11,14-19,21-23,31,34H,2,6-7,12-13,20,24-25H2,(H,40,44)/t34-/m1/s1. The van der Waals surface area contributed by atoms with Gasteiger partial charge in [-0.3, -0.25) is 13.9 Å². The van der Waals surface area contributed by atoms with Gasteiger partial charge < -0.3 is 10.2 Å². The third-order valence-corrected chi connectivity index (χ3v) is 11.0. The first-order valence-electron chi connectivity index (χ1n) is 15.5. The van der Waals surface area contributed by atoms with E-state index in [1.165, 1.54) is 35.2 Å². The topological polar surface area (TPSA) is 86.8 Å². The number of halogens is 3. The average Bonchev–Trinajstić information content (AvgIpc) is 3.06. The highest BCUT2D eigenvalue weighted by atomic mass is 79.9. The molecule has 11 heteroatoms. The van der Waals surface area contributed by atoms with Crippen LogP contribution in [0.1, 0.15) is 43.2 Å². The van der Waals surface area contributed by atoms with Crippen LogP contribution in [0.25, 0.3) is 0 Å². The predicted molar refractivity (Wildman–Crippen MR) is 191 cm³/mol. The van der Waals surface area contributed by atoms with E-state index in [1.54, 1.807) is 18.2 Å². The van der Waals surface area contributed by atoms with E-state index in [1.807, 2.05) is 54.6 Å². The molecule has 1 N–H and O–H groups in total. The molecule has 2 amide bonds. The zero-order valence-corrected chi connectivity index (χ0v) is 29.6. The van der Waals surface area contributed by atoms with E-state index in [0.29, 0.717) is 0 Å². The quantitative estimate of drug-likeness (QED) is 0.159. The summed E-state index contributed by atoms with van der Waals surface area (Å²) in [5.74, 6) is -0.822. The molecule has 0 heterocycles. The summed E-state index contributed by atoms with van der Waals surface area (Å²) in [6.07, 6.45) is 5.20. The van der Waals surface area contributed by atoms with Crippen LogP contribution in [0, 0.1) is 0 Å². The van der Waals surface area contributed by atoms with Gasteiger partial charge in [-0.1, -0.05) is 119 Å². The summed E-state index contributed by atoms with van der Waals surface area (Å²) in [6.45, 7) is -0.510. The molecular formula is C36H36BrCl2N3O4S. The van der Waals surface area contributed by atoms with Gasteiger partial charge in [-0.25, -0.2) is 8.42 Å². The van der Waals surface area contributed by atoms with Gasteiger partial charge in [0.15, 0.2) is 0 Å². The SMILES string of the molecule is O=C(NC1CCCCC1)[C@@H](Cc1ccccc1)N(Cc1ccc(Br)cc1)C(=O)CN(c1cc(Cl)cc(Cl)c1)S(=O)(=O)c1ccccc1. The molecule has 47 heavy (non-hydrogen) atoms. The number of carbonyl (C=O) groups is 2. The molecule has 0 aliphatic heterocycles. The Labute approximate surface area is 295 Å². The lowest BCUT2D eigenvalue weighted by Gasteiger charge is -2.35. The van der Waals surface area contributed by atoms with Crippen molar-refractivity contribution in [1.29, 1.82) is 0 Å². The summed E-state index contributed by atoms with van der Waals surface area (Å²) in [7, 11) is -4.26. The number of anilines is 1. The minimum Gasteiger partial charge on any atom is -0.352 e. The molecule has 0 aromatic heterocycles. The van der Waals surface area contributed by atoms with E-state index in [-0.39, 0.29) is 45.5 Å². The molecule has 0 saturated heterocycles. The Hall–Kier alpha value is -3.37. The molecule has 7 nitrogen and oxygen atoms in total. The summed E-state index contributed by atoms with van der Waals surface area (Å²) < 4.78 is 30.2. The largest absolute Gasteiger partial charge is 0.352 e. The third kappa shape index (κ3) is 9.38. The van der Waals surface area contributed by atoms with Crippen LogP contribution >= 0.6 is 39.1 Å². The Morgan fingerprint density at radius 3 is 2.02 bits per heavy atom. The first kappa shape index (κ1) is 35.0. The van der Waals surface area contributed by atoms with Gasteiger partial charge in [0.25, 0.3) is 10.0 Å². The van der Waals surface area contributed by atoms with Crippen LogP contribution in [0.2, 0.25) is 10.0 Å². The normalized spacial score (nSPS) is 14.3. The summed E-state index contributed by atoms with van der Waals surface area (Å²) in [5.41, 5.74) is 1.79. The fourth-order valence-electron chi connectivity index (χ4n) is 5.82. The fraction of sp³-hybridized carbons (Fsp3) is 0.278. The van der Waals surface area contributed by atoms with Crippen molar-refractivity contribution in [3.63, 3.8) is 0 Å². The molecule has 5 rings (SSSR count). The highest BCUT2D eigenvalue weighted by Crippen LogP contribution is 2.30. The van der Waals surface area contributed by atoms with Gasteiger partial charge in [-0.15, -0.1) is 0 Å². The van der Waals surface area contributed by atoms with E-state index >= 15 is 0 Å². The highest BCUT2D eigenvalue weighted by Gasteiger charge is 2.35. The number of rotatable bonds is 12. The number of carbonyl (C=O) groups excluding carboxylic acids is 2. The minimum atomic E-state index is -4.26.